The van der Waals surface area contributed by atoms with Crippen LogP contribution in [0.2, 0.25) is 0 Å². The second kappa shape index (κ2) is 9.45. The van der Waals surface area contributed by atoms with Crippen LogP contribution in [0.15, 0.2) is 42.5 Å². The average Bonchev–Trinajstić information content (AvgIpc) is 3.34. The molecule has 4 rings (SSSR count). The van der Waals surface area contributed by atoms with Crippen LogP contribution in [0, 0.1) is 17.6 Å². The van der Waals surface area contributed by atoms with Crippen molar-refractivity contribution in [2.75, 3.05) is 32.8 Å². The minimum atomic E-state index is -0.714. The molecule has 7 heteroatoms. The molecule has 31 heavy (non-hydrogen) atoms. The van der Waals surface area contributed by atoms with Gasteiger partial charge in [0.25, 0.3) is 11.8 Å². The van der Waals surface area contributed by atoms with Gasteiger partial charge < -0.3 is 14.5 Å². The molecule has 2 saturated heterocycles. The normalized spacial score (nSPS) is 18.8. The Kier molecular flexibility index (Phi) is 6.49. The molecule has 0 aliphatic carbocycles. The Hall–Kier alpha value is -2.96. The summed E-state index contributed by atoms with van der Waals surface area (Å²) in [5.74, 6) is -1.03. The van der Waals surface area contributed by atoms with Gasteiger partial charge in [0.15, 0.2) is 0 Å². The van der Waals surface area contributed by atoms with E-state index < -0.39 is 17.5 Å². The van der Waals surface area contributed by atoms with Crippen molar-refractivity contribution >= 4 is 11.8 Å². The third kappa shape index (κ3) is 5.03. The number of likely N-dealkylation sites (tertiary alicyclic amines) is 2. The van der Waals surface area contributed by atoms with Gasteiger partial charge in [-0.25, -0.2) is 8.78 Å². The van der Waals surface area contributed by atoms with Crippen molar-refractivity contribution in [3.8, 4) is 5.75 Å². The highest BCUT2D eigenvalue weighted by molar-refractivity contribution is 5.95. The van der Waals surface area contributed by atoms with Gasteiger partial charge in [-0.05, 0) is 68.1 Å². The Morgan fingerprint density at radius 2 is 1.61 bits per heavy atom. The molecule has 0 aromatic heterocycles. The van der Waals surface area contributed by atoms with E-state index in [0.717, 1.165) is 57.0 Å². The number of halogens is 2. The number of carbonyl (C=O) groups is 2. The van der Waals surface area contributed by atoms with Gasteiger partial charge >= 0.3 is 0 Å². The van der Waals surface area contributed by atoms with Crippen molar-refractivity contribution in [1.29, 1.82) is 0 Å². The van der Waals surface area contributed by atoms with Crippen molar-refractivity contribution in [2.24, 2.45) is 5.92 Å². The minimum absolute atomic E-state index is 0.0510. The third-order valence-corrected chi connectivity index (χ3v) is 5.95. The van der Waals surface area contributed by atoms with E-state index >= 15 is 0 Å². The van der Waals surface area contributed by atoms with Crippen molar-refractivity contribution in [3.63, 3.8) is 0 Å². The minimum Gasteiger partial charge on any atom is -0.493 e. The largest absolute Gasteiger partial charge is 0.493 e. The number of carbonyl (C=O) groups excluding carboxylic acids is 2. The lowest BCUT2D eigenvalue weighted by molar-refractivity contribution is 0.0628. The summed E-state index contributed by atoms with van der Waals surface area (Å²) < 4.78 is 33.3. The molecule has 0 N–H and O–H groups in total. The van der Waals surface area contributed by atoms with E-state index in [9.17, 15) is 18.4 Å². The number of hydrogen-bond acceptors (Lipinski definition) is 3. The van der Waals surface area contributed by atoms with Crippen LogP contribution in [0.5, 0.6) is 5.75 Å². The highest BCUT2D eigenvalue weighted by Crippen LogP contribution is 2.22. The van der Waals surface area contributed by atoms with Crippen LogP contribution < -0.4 is 4.74 Å². The summed E-state index contributed by atoms with van der Waals surface area (Å²) in [6.07, 6.45) is 3.78. The van der Waals surface area contributed by atoms with Crippen LogP contribution in [0.25, 0.3) is 0 Å². The molecule has 0 spiro atoms. The number of rotatable bonds is 5. The fraction of sp³-hybridized carbons (Fsp3) is 0.417. The summed E-state index contributed by atoms with van der Waals surface area (Å²) >= 11 is 0. The Morgan fingerprint density at radius 1 is 0.903 bits per heavy atom. The highest BCUT2D eigenvalue weighted by Gasteiger charge is 2.27. The first-order valence-electron chi connectivity index (χ1n) is 10.8. The van der Waals surface area contributed by atoms with Crippen LogP contribution >= 0.6 is 0 Å². The lowest BCUT2D eigenvalue weighted by Crippen LogP contribution is -2.41. The Labute approximate surface area is 180 Å². The predicted octanol–water partition coefficient (Wildman–Crippen LogP) is 4.13. The maximum absolute atomic E-state index is 14.0. The molecule has 2 aliphatic heterocycles. The van der Waals surface area contributed by atoms with Crippen LogP contribution in [-0.2, 0) is 0 Å². The number of piperidine rings is 1. The zero-order valence-corrected chi connectivity index (χ0v) is 17.4. The molecule has 2 aliphatic rings. The molecule has 2 amide bonds. The predicted molar refractivity (Wildman–Crippen MR) is 112 cm³/mol. The van der Waals surface area contributed by atoms with Gasteiger partial charge in [-0.3, -0.25) is 9.59 Å². The van der Waals surface area contributed by atoms with Crippen molar-refractivity contribution in [3.05, 3.63) is 65.2 Å². The maximum Gasteiger partial charge on any atom is 0.256 e. The number of nitrogens with zero attached hydrogens (tertiary/aromatic N) is 2. The zero-order chi connectivity index (χ0) is 21.8. The molecule has 0 bridgehead atoms. The summed E-state index contributed by atoms with van der Waals surface area (Å²) in [7, 11) is 0. The molecule has 2 aromatic rings. The molecule has 1 atom stereocenters. The van der Waals surface area contributed by atoms with E-state index in [1.165, 1.54) is 0 Å². The second-order valence-corrected chi connectivity index (χ2v) is 8.22. The molecule has 0 saturated carbocycles. The molecule has 2 heterocycles. The lowest BCUT2D eigenvalue weighted by Gasteiger charge is -2.32. The second-order valence-electron chi connectivity index (χ2n) is 8.22. The van der Waals surface area contributed by atoms with Crippen molar-refractivity contribution < 1.29 is 23.1 Å². The molecular formula is C24H26F2N2O3. The summed E-state index contributed by atoms with van der Waals surface area (Å²) in [4.78, 5) is 28.5. The first kappa shape index (κ1) is 21.3. The van der Waals surface area contributed by atoms with Crippen LogP contribution in [0.4, 0.5) is 8.78 Å². The monoisotopic (exact) mass is 428 g/mol. The molecule has 0 radical (unpaired) electrons. The van der Waals surface area contributed by atoms with Crippen molar-refractivity contribution in [2.45, 2.75) is 25.7 Å². The standard InChI is InChI=1S/C24H26F2N2O3/c25-19-7-10-22(26)21(14-19)24(30)28-13-3-4-17(15-28)16-31-20-8-5-18(6-9-20)23(29)27-11-1-2-12-27/h5-10,14,17H,1-4,11-13,15-16H2. The van der Waals surface area contributed by atoms with Crippen LogP contribution in [0.1, 0.15) is 46.4 Å². The van der Waals surface area contributed by atoms with Gasteiger partial charge in [-0.2, -0.15) is 0 Å². The number of amides is 2. The van der Waals surface area contributed by atoms with Gasteiger partial charge in [0.05, 0.1) is 12.2 Å². The van der Waals surface area contributed by atoms with E-state index in [4.69, 9.17) is 4.74 Å². The SMILES string of the molecule is O=C(c1ccc(OCC2CCCN(C(=O)c3cc(F)ccc3F)C2)cc1)N1CCCC1. The van der Waals surface area contributed by atoms with E-state index in [1.54, 1.807) is 29.2 Å². The molecule has 2 aromatic carbocycles. The smallest absolute Gasteiger partial charge is 0.256 e. The molecule has 164 valence electrons. The van der Waals surface area contributed by atoms with Gasteiger partial charge in [-0.15, -0.1) is 0 Å². The highest BCUT2D eigenvalue weighted by atomic mass is 19.1. The maximum atomic E-state index is 14.0. The zero-order valence-electron chi connectivity index (χ0n) is 17.4. The summed E-state index contributed by atoms with van der Waals surface area (Å²) in [5, 5.41) is 0. The van der Waals surface area contributed by atoms with Gasteiger partial charge in [0, 0.05) is 37.7 Å². The van der Waals surface area contributed by atoms with E-state index in [2.05, 4.69) is 0 Å². The van der Waals surface area contributed by atoms with Gasteiger partial charge in [0.1, 0.15) is 17.4 Å². The first-order valence-corrected chi connectivity index (χ1v) is 10.8. The first-order chi connectivity index (χ1) is 15.0. The summed E-state index contributed by atoms with van der Waals surface area (Å²) in [6, 6.07) is 10.1. The van der Waals surface area contributed by atoms with Crippen molar-refractivity contribution in [1.82, 2.24) is 9.80 Å². The number of hydrogen-bond donors (Lipinski definition) is 0. The van der Waals surface area contributed by atoms with Gasteiger partial charge in [0.2, 0.25) is 0 Å². The van der Waals surface area contributed by atoms with Gasteiger partial charge in [-0.1, -0.05) is 0 Å². The fourth-order valence-electron chi connectivity index (χ4n) is 4.23. The fourth-order valence-corrected chi connectivity index (χ4v) is 4.23. The number of ether oxygens (including phenoxy) is 1. The molecule has 5 nitrogen and oxygen atoms in total. The molecular weight excluding hydrogens is 402 g/mol. The third-order valence-electron chi connectivity index (χ3n) is 5.95. The summed E-state index contributed by atoms with van der Waals surface area (Å²) in [6.45, 7) is 2.98. The average molecular weight is 428 g/mol. The molecule has 2 fully saturated rings. The van der Waals surface area contributed by atoms with E-state index in [1.807, 2.05) is 4.90 Å². The summed E-state index contributed by atoms with van der Waals surface area (Å²) in [5.41, 5.74) is 0.417. The Balaban J connectivity index is 1.32. The Bertz CT molecular complexity index is 942. The molecule has 1 unspecified atom stereocenters. The van der Waals surface area contributed by atoms with Crippen LogP contribution in [-0.4, -0.2) is 54.4 Å². The lowest BCUT2D eigenvalue weighted by atomic mass is 9.98. The number of benzene rings is 2. The quantitative estimate of drug-likeness (QED) is 0.720. The topological polar surface area (TPSA) is 49.9 Å². The van der Waals surface area contributed by atoms with E-state index in [0.29, 0.717) is 31.0 Å². The van der Waals surface area contributed by atoms with Crippen LogP contribution in [0.3, 0.4) is 0 Å². The Morgan fingerprint density at radius 3 is 2.35 bits per heavy atom. The van der Waals surface area contributed by atoms with E-state index in [-0.39, 0.29) is 17.4 Å².